The summed E-state index contributed by atoms with van der Waals surface area (Å²) in [6, 6.07) is 3.10. The fourth-order valence-electron chi connectivity index (χ4n) is 2.16. The third-order valence-electron chi connectivity index (χ3n) is 3.42. The Hall–Kier alpha value is -0.700. The van der Waals surface area contributed by atoms with Gasteiger partial charge >= 0.3 is 0 Å². The predicted octanol–water partition coefficient (Wildman–Crippen LogP) is 1.62. The normalized spacial score (nSPS) is 19.9. The van der Waals surface area contributed by atoms with Gasteiger partial charge in [-0.05, 0) is 18.6 Å². The molecule has 1 aromatic heterocycles. The Kier molecular flexibility index (Phi) is 4.92. The lowest BCUT2D eigenvalue weighted by Gasteiger charge is -2.23. The molecule has 0 atom stereocenters. The molecule has 0 unspecified atom stereocenters. The highest BCUT2D eigenvalue weighted by atomic mass is 32.2. The Morgan fingerprint density at radius 2 is 2.19 bits per heavy atom. The van der Waals surface area contributed by atoms with Crippen LogP contribution in [-0.2, 0) is 10.0 Å². The van der Waals surface area contributed by atoms with E-state index < -0.39 is 10.0 Å². The van der Waals surface area contributed by atoms with Crippen LogP contribution in [0, 0.1) is 0 Å². The molecular weight excluding hydrogens is 326 g/mol. The minimum absolute atomic E-state index is 0.00120. The Bertz CT molecular complexity index is 644. The van der Waals surface area contributed by atoms with Crippen LogP contribution >= 0.6 is 24.0 Å². The van der Waals surface area contributed by atoms with E-state index in [9.17, 15) is 8.42 Å². The lowest BCUT2D eigenvalue weighted by atomic mass is 10.1. The number of hydrogen-bond donors (Lipinski definition) is 1. The van der Waals surface area contributed by atoms with Gasteiger partial charge in [-0.1, -0.05) is 26.1 Å². The van der Waals surface area contributed by atoms with E-state index in [-0.39, 0.29) is 20.3 Å². The first-order chi connectivity index (χ1) is 9.74. The van der Waals surface area contributed by atoms with Gasteiger partial charge in [0.05, 0.1) is 0 Å². The summed E-state index contributed by atoms with van der Waals surface area (Å²) < 4.78 is 27.3. The highest BCUT2D eigenvalue weighted by Gasteiger charge is 2.32. The number of thioether (sulfide) groups is 1. The molecule has 1 fully saturated rings. The van der Waals surface area contributed by atoms with E-state index in [0.717, 1.165) is 12.2 Å². The molecule has 0 radical (unpaired) electrons. The van der Waals surface area contributed by atoms with Gasteiger partial charge in [0, 0.05) is 29.8 Å². The van der Waals surface area contributed by atoms with Gasteiger partial charge in [-0.25, -0.2) is 8.42 Å². The molecule has 0 aromatic carbocycles. The molecule has 1 aliphatic heterocycles. The van der Waals surface area contributed by atoms with Gasteiger partial charge in [0.2, 0.25) is 10.0 Å². The van der Waals surface area contributed by atoms with Crippen molar-refractivity contribution in [3.63, 3.8) is 0 Å². The first kappa shape index (κ1) is 16.7. The van der Waals surface area contributed by atoms with Crippen LogP contribution in [0.25, 0.3) is 0 Å². The van der Waals surface area contributed by atoms with Gasteiger partial charge < -0.3 is 5.73 Å². The highest BCUT2D eigenvalue weighted by Crippen LogP contribution is 2.32. The van der Waals surface area contributed by atoms with E-state index in [1.54, 1.807) is 17.8 Å². The van der Waals surface area contributed by atoms with Crippen LogP contribution in [0.3, 0.4) is 0 Å². The van der Waals surface area contributed by atoms with Crippen molar-refractivity contribution >= 4 is 39.0 Å². The van der Waals surface area contributed by atoms with Crippen molar-refractivity contribution in [1.29, 1.82) is 0 Å². The van der Waals surface area contributed by atoms with E-state index in [4.69, 9.17) is 18.0 Å². The van der Waals surface area contributed by atoms with Gasteiger partial charge in [-0.3, -0.25) is 4.98 Å². The number of pyridine rings is 1. The average Bonchev–Trinajstić information content (AvgIpc) is 2.60. The molecule has 2 N–H and O–H groups in total. The first-order valence-electron chi connectivity index (χ1n) is 6.63. The van der Waals surface area contributed by atoms with Crippen molar-refractivity contribution in [2.75, 3.05) is 18.8 Å². The maximum atomic E-state index is 12.8. The van der Waals surface area contributed by atoms with Gasteiger partial charge in [0.25, 0.3) is 0 Å². The second-order valence-corrected chi connectivity index (χ2v) is 9.62. The highest BCUT2D eigenvalue weighted by molar-refractivity contribution is 8.00. The summed E-state index contributed by atoms with van der Waals surface area (Å²) in [5.41, 5.74) is 5.77. The topological polar surface area (TPSA) is 76.3 Å². The van der Waals surface area contributed by atoms with Gasteiger partial charge in [0.15, 0.2) is 0 Å². The van der Waals surface area contributed by atoms with Crippen LogP contribution in [0.4, 0.5) is 0 Å². The predicted molar refractivity (Wildman–Crippen MR) is 90.0 cm³/mol. The SMILES string of the molecule is CC1(C)CCN(S(=O)(=O)c2cccnc2C(N)=S)CCS1. The average molecular weight is 346 g/mol. The van der Waals surface area contributed by atoms with Gasteiger partial charge in [-0.2, -0.15) is 16.1 Å². The van der Waals surface area contributed by atoms with Crippen molar-refractivity contribution in [3.8, 4) is 0 Å². The molecule has 0 aliphatic carbocycles. The lowest BCUT2D eigenvalue weighted by Crippen LogP contribution is -2.35. The van der Waals surface area contributed by atoms with Crippen molar-refractivity contribution in [2.45, 2.75) is 29.9 Å². The van der Waals surface area contributed by atoms with Crippen LogP contribution in [0.1, 0.15) is 26.0 Å². The number of nitrogens with two attached hydrogens (primary N) is 1. The molecule has 21 heavy (non-hydrogen) atoms. The molecule has 0 saturated carbocycles. The van der Waals surface area contributed by atoms with Crippen LogP contribution < -0.4 is 5.73 Å². The fourth-order valence-corrected chi connectivity index (χ4v) is 5.21. The quantitative estimate of drug-likeness (QED) is 0.839. The Balaban J connectivity index is 2.37. The number of thiocarbonyl (C=S) groups is 1. The third-order valence-corrected chi connectivity index (χ3v) is 6.91. The van der Waals surface area contributed by atoms with Crippen LogP contribution in [0.5, 0.6) is 0 Å². The molecule has 1 saturated heterocycles. The molecular formula is C13H19N3O2S3. The number of rotatable bonds is 3. The molecule has 0 spiro atoms. The summed E-state index contributed by atoms with van der Waals surface area (Å²) in [7, 11) is -3.62. The maximum absolute atomic E-state index is 12.8. The standard InChI is InChI=1S/C13H19N3O2S3/c1-13(2)5-7-16(8-9-20-13)21(17,18)10-4-3-6-15-11(10)12(14)19/h3-4,6H,5,7-9H2,1-2H3,(H2,14,19). The molecule has 116 valence electrons. The van der Waals surface area contributed by atoms with E-state index in [1.165, 1.54) is 16.6 Å². The zero-order valence-corrected chi connectivity index (χ0v) is 14.5. The fraction of sp³-hybridized carbons (Fsp3) is 0.538. The second kappa shape index (κ2) is 6.20. The molecule has 2 rings (SSSR count). The third kappa shape index (κ3) is 3.74. The zero-order valence-electron chi connectivity index (χ0n) is 12.1. The number of aromatic nitrogens is 1. The number of hydrogen-bond acceptors (Lipinski definition) is 5. The Morgan fingerprint density at radius 1 is 1.48 bits per heavy atom. The first-order valence-corrected chi connectivity index (χ1v) is 9.46. The summed E-state index contributed by atoms with van der Waals surface area (Å²) in [6.45, 7) is 5.26. The minimum atomic E-state index is -3.62. The van der Waals surface area contributed by atoms with Crippen molar-refractivity contribution in [3.05, 3.63) is 24.0 Å². The summed E-state index contributed by atoms with van der Waals surface area (Å²) >= 11 is 6.71. The van der Waals surface area contributed by atoms with E-state index >= 15 is 0 Å². The maximum Gasteiger partial charge on any atom is 0.245 e. The van der Waals surface area contributed by atoms with Gasteiger partial charge in [-0.15, -0.1) is 0 Å². The summed E-state index contributed by atoms with van der Waals surface area (Å²) in [4.78, 5) is 4.11. The summed E-state index contributed by atoms with van der Waals surface area (Å²) in [5, 5.41) is 0. The van der Waals surface area contributed by atoms with Crippen molar-refractivity contribution < 1.29 is 8.42 Å². The Morgan fingerprint density at radius 3 is 2.86 bits per heavy atom. The molecule has 0 amide bonds. The molecule has 0 bridgehead atoms. The van der Waals surface area contributed by atoms with E-state index in [2.05, 4.69) is 18.8 Å². The molecule has 2 heterocycles. The van der Waals surface area contributed by atoms with Gasteiger partial charge in [0.1, 0.15) is 15.6 Å². The van der Waals surface area contributed by atoms with Crippen molar-refractivity contribution in [1.82, 2.24) is 9.29 Å². The van der Waals surface area contributed by atoms with Crippen LogP contribution in [0.2, 0.25) is 0 Å². The Labute approximate surface area is 135 Å². The molecule has 5 nitrogen and oxygen atoms in total. The van der Waals surface area contributed by atoms with Crippen LogP contribution in [0.15, 0.2) is 23.2 Å². The van der Waals surface area contributed by atoms with Crippen molar-refractivity contribution in [2.24, 2.45) is 5.73 Å². The molecule has 1 aromatic rings. The van der Waals surface area contributed by atoms with Crippen LogP contribution in [-0.4, -0.2) is 46.3 Å². The number of sulfonamides is 1. The zero-order chi connectivity index (χ0) is 15.7. The van der Waals surface area contributed by atoms with E-state index in [0.29, 0.717) is 13.1 Å². The number of nitrogens with zero attached hydrogens (tertiary/aromatic N) is 2. The lowest BCUT2D eigenvalue weighted by molar-refractivity contribution is 0.415. The summed E-state index contributed by atoms with van der Waals surface area (Å²) in [6.07, 6.45) is 2.30. The largest absolute Gasteiger partial charge is 0.388 e. The minimum Gasteiger partial charge on any atom is -0.388 e. The van der Waals surface area contributed by atoms with E-state index in [1.807, 2.05) is 0 Å². The molecule has 1 aliphatic rings. The monoisotopic (exact) mass is 345 g/mol. The summed E-state index contributed by atoms with van der Waals surface area (Å²) in [5.74, 6) is 0.773. The smallest absolute Gasteiger partial charge is 0.245 e. The molecule has 8 heteroatoms. The second-order valence-electron chi connectivity index (χ2n) is 5.48.